The van der Waals surface area contributed by atoms with E-state index in [4.69, 9.17) is 4.42 Å². The number of nitrogens with one attached hydrogen (secondary N) is 1. The highest BCUT2D eigenvalue weighted by Crippen LogP contribution is 2.43. The van der Waals surface area contributed by atoms with E-state index in [1.807, 2.05) is 26.0 Å². The molecule has 1 saturated carbocycles. The minimum Gasteiger partial charge on any atom is -0.415 e. The van der Waals surface area contributed by atoms with Crippen LogP contribution in [0, 0.1) is 0 Å². The molecule has 0 saturated heterocycles. The Labute approximate surface area is 169 Å². The second-order valence-corrected chi connectivity index (χ2v) is 7.02. The summed E-state index contributed by atoms with van der Waals surface area (Å²) in [6.45, 7) is 4.00. The van der Waals surface area contributed by atoms with E-state index in [0.717, 1.165) is 23.7 Å². The minimum absolute atomic E-state index is 0.0295. The van der Waals surface area contributed by atoms with Crippen molar-refractivity contribution in [2.24, 2.45) is 0 Å². The molecule has 4 rings (SSSR count). The lowest BCUT2D eigenvalue weighted by Crippen LogP contribution is -2.42. The monoisotopic (exact) mass is 451 g/mol. The number of anilines is 1. The lowest BCUT2D eigenvalue weighted by atomic mass is 9.72. The largest absolute Gasteiger partial charge is 0.415 e. The predicted molar refractivity (Wildman–Crippen MR) is 105 cm³/mol. The first kappa shape index (κ1) is 20.3. The predicted octanol–water partition coefficient (Wildman–Crippen LogP) is 5.74. The molecule has 0 unspecified atom stereocenters. The molecule has 3 aromatic rings. The number of rotatable bonds is 5. The third-order valence-corrected chi connectivity index (χ3v) is 5.01. The van der Waals surface area contributed by atoms with E-state index < -0.39 is 12.3 Å². The minimum atomic E-state index is -2.80. The molecule has 2 heterocycles. The van der Waals surface area contributed by atoms with Gasteiger partial charge in [-0.25, -0.2) is 9.97 Å². The van der Waals surface area contributed by atoms with Crippen LogP contribution in [0.5, 0.6) is 0 Å². The number of aromatic nitrogens is 4. The van der Waals surface area contributed by atoms with Crippen molar-refractivity contribution in [1.29, 1.82) is 0 Å². The van der Waals surface area contributed by atoms with E-state index in [1.165, 1.54) is 18.0 Å². The topological polar surface area (TPSA) is 76.7 Å². The Bertz CT molecular complexity index is 895. The van der Waals surface area contributed by atoms with Crippen LogP contribution in [0.4, 0.5) is 14.7 Å². The van der Waals surface area contributed by atoms with Crippen LogP contribution in [0.25, 0.3) is 11.5 Å². The van der Waals surface area contributed by atoms with Crippen molar-refractivity contribution < 1.29 is 13.2 Å². The molecule has 148 valence electrons. The first-order chi connectivity index (χ1) is 13.6. The van der Waals surface area contributed by atoms with Crippen molar-refractivity contribution in [3.8, 4) is 11.5 Å². The number of hydrogen-bond donors (Lipinski definition) is 1. The van der Waals surface area contributed by atoms with E-state index in [9.17, 15) is 8.78 Å². The third kappa shape index (κ3) is 4.19. The molecule has 6 nitrogen and oxygen atoms in total. The first-order valence-electron chi connectivity index (χ1n) is 9.04. The van der Waals surface area contributed by atoms with E-state index in [-0.39, 0.29) is 11.4 Å². The average Bonchev–Trinajstić information content (AvgIpc) is 3.18. The van der Waals surface area contributed by atoms with Gasteiger partial charge in [0, 0.05) is 16.9 Å². The summed E-state index contributed by atoms with van der Waals surface area (Å²) in [6, 6.07) is 8.18. The summed E-state index contributed by atoms with van der Waals surface area (Å²) in [6.07, 6.45) is 3.25. The Hall–Kier alpha value is -2.42. The van der Waals surface area contributed by atoms with Gasteiger partial charge in [0.15, 0.2) is 0 Å². The second-order valence-electron chi connectivity index (χ2n) is 6.11. The highest BCUT2D eigenvalue weighted by Gasteiger charge is 2.39. The number of hydrogen-bond acceptors (Lipinski definition) is 6. The fourth-order valence-corrected chi connectivity index (χ4v) is 3.21. The standard InChI is InChI=1S/C17H14BrF2N5O.C2H6/c18-12-4-2-11(3-5-12)17(6-1-7-17)23-16-21-8-10(9-22-16)14-24-25-15(26-14)13(19)20;1-2/h2-5,8-9,13H,1,6-7H2,(H,21,22,23);1-2H3. The molecule has 1 aliphatic rings. The van der Waals surface area contributed by atoms with Gasteiger partial charge in [-0.1, -0.05) is 41.9 Å². The van der Waals surface area contributed by atoms with Gasteiger partial charge in [0.05, 0.1) is 11.1 Å². The van der Waals surface area contributed by atoms with Gasteiger partial charge in [0.25, 0.3) is 11.8 Å². The Kier molecular flexibility index (Phi) is 6.33. The summed E-state index contributed by atoms with van der Waals surface area (Å²) in [5, 5.41) is 10.3. The third-order valence-electron chi connectivity index (χ3n) is 4.48. The summed E-state index contributed by atoms with van der Waals surface area (Å²) in [7, 11) is 0. The van der Waals surface area contributed by atoms with Crippen molar-refractivity contribution in [3.05, 3.63) is 52.6 Å². The molecule has 1 fully saturated rings. The van der Waals surface area contributed by atoms with Gasteiger partial charge in [-0.2, -0.15) is 8.78 Å². The summed E-state index contributed by atoms with van der Waals surface area (Å²) in [4.78, 5) is 8.54. The zero-order valence-corrected chi connectivity index (χ0v) is 17.1. The highest BCUT2D eigenvalue weighted by atomic mass is 79.9. The Morgan fingerprint density at radius 2 is 1.71 bits per heavy atom. The maximum Gasteiger partial charge on any atom is 0.314 e. The second kappa shape index (κ2) is 8.72. The maximum atomic E-state index is 12.5. The quantitative estimate of drug-likeness (QED) is 0.532. The molecule has 9 heteroatoms. The molecular formula is C19H20BrF2N5O. The SMILES string of the molecule is CC.FC(F)c1nnc(-c2cnc(NC3(c4ccc(Br)cc4)CCC3)nc2)o1. The molecule has 0 amide bonds. The van der Waals surface area contributed by atoms with E-state index in [0.29, 0.717) is 11.5 Å². The fraction of sp³-hybridized carbons (Fsp3) is 0.368. The van der Waals surface area contributed by atoms with Gasteiger partial charge in [0.2, 0.25) is 5.95 Å². The van der Waals surface area contributed by atoms with Crippen LogP contribution >= 0.6 is 15.9 Å². The fourth-order valence-electron chi connectivity index (χ4n) is 2.94. The summed E-state index contributed by atoms with van der Waals surface area (Å²) < 4.78 is 31.0. The number of alkyl halides is 2. The van der Waals surface area contributed by atoms with Crippen molar-refractivity contribution in [1.82, 2.24) is 20.2 Å². The van der Waals surface area contributed by atoms with Gasteiger partial charge in [-0.15, -0.1) is 10.2 Å². The molecule has 0 radical (unpaired) electrons. The van der Waals surface area contributed by atoms with E-state index in [1.54, 1.807) is 0 Å². The van der Waals surface area contributed by atoms with Crippen LogP contribution in [0.1, 0.15) is 51.0 Å². The van der Waals surface area contributed by atoms with Crippen molar-refractivity contribution >= 4 is 21.9 Å². The molecule has 1 N–H and O–H groups in total. The van der Waals surface area contributed by atoms with Gasteiger partial charge >= 0.3 is 6.43 Å². The molecule has 1 aliphatic carbocycles. The Morgan fingerprint density at radius 1 is 1.07 bits per heavy atom. The number of benzene rings is 1. The smallest absolute Gasteiger partial charge is 0.314 e. The van der Waals surface area contributed by atoms with Crippen LogP contribution in [0.3, 0.4) is 0 Å². The van der Waals surface area contributed by atoms with Crippen LogP contribution in [0.2, 0.25) is 0 Å². The molecule has 2 aromatic heterocycles. The molecule has 1 aromatic carbocycles. The van der Waals surface area contributed by atoms with Crippen LogP contribution in [-0.2, 0) is 5.54 Å². The normalized spacial score (nSPS) is 14.8. The van der Waals surface area contributed by atoms with Gasteiger partial charge in [-0.05, 0) is 37.0 Å². The van der Waals surface area contributed by atoms with Crippen molar-refractivity contribution in [2.45, 2.75) is 45.1 Å². The summed E-state index contributed by atoms with van der Waals surface area (Å²) in [5.74, 6) is -0.283. The molecule has 0 aliphatic heterocycles. The molecule has 28 heavy (non-hydrogen) atoms. The van der Waals surface area contributed by atoms with Crippen LogP contribution < -0.4 is 5.32 Å². The molecule has 0 atom stereocenters. The molecule has 0 spiro atoms. The number of nitrogens with zero attached hydrogens (tertiary/aromatic N) is 4. The van der Waals surface area contributed by atoms with E-state index >= 15 is 0 Å². The lowest BCUT2D eigenvalue weighted by Gasteiger charge is -2.43. The Morgan fingerprint density at radius 3 is 2.21 bits per heavy atom. The molecular weight excluding hydrogens is 432 g/mol. The van der Waals surface area contributed by atoms with Gasteiger partial charge in [-0.3, -0.25) is 0 Å². The maximum absolute atomic E-state index is 12.5. The molecule has 0 bridgehead atoms. The van der Waals surface area contributed by atoms with Crippen LogP contribution in [-0.4, -0.2) is 20.2 Å². The summed E-state index contributed by atoms with van der Waals surface area (Å²) >= 11 is 3.45. The lowest BCUT2D eigenvalue weighted by molar-refractivity contribution is 0.116. The summed E-state index contributed by atoms with van der Waals surface area (Å²) in [5.41, 5.74) is 1.38. The van der Waals surface area contributed by atoms with Crippen molar-refractivity contribution in [3.63, 3.8) is 0 Å². The highest BCUT2D eigenvalue weighted by molar-refractivity contribution is 9.10. The van der Waals surface area contributed by atoms with Crippen LogP contribution in [0.15, 0.2) is 45.5 Å². The number of halogens is 3. The van der Waals surface area contributed by atoms with Gasteiger partial charge < -0.3 is 9.73 Å². The zero-order chi connectivity index (χ0) is 20.1. The zero-order valence-electron chi connectivity index (χ0n) is 15.5. The van der Waals surface area contributed by atoms with Gasteiger partial charge in [0.1, 0.15) is 0 Å². The first-order valence-corrected chi connectivity index (χ1v) is 9.83. The van der Waals surface area contributed by atoms with E-state index in [2.05, 4.69) is 53.5 Å². The Balaban J connectivity index is 0.00000109. The van der Waals surface area contributed by atoms with Crippen molar-refractivity contribution in [2.75, 3.05) is 5.32 Å². The average molecular weight is 452 g/mol.